The van der Waals surface area contributed by atoms with Crippen LogP contribution in [0, 0.1) is 0 Å². The lowest BCUT2D eigenvalue weighted by Gasteiger charge is -2.03. The second-order valence-electron chi connectivity index (χ2n) is 4.03. The highest BCUT2D eigenvalue weighted by Gasteiger charge is 2.10. The van der Waals surface area contributed by atoms with Crippen LogP contribution in [0.15, 0.2) is 46.0 Å². The van der Waals surface area contributed by atoms with Crippen LogP contribution in [0.25, 0.3) is 0 Å². The number of nitrogens with one attached hydrogen (secondary N) is 1. The molecule has 0 unspecified atom stereocenters. The Morgan fingerprint density at radius 3 is 2.76 bits per heavy atom. The number of hydrogen-bond acceptors (Lipinski definition) is 3. The van der Waals surface area contributed by atoms with Gasteiger partial charge in [-0.2, -0.15) is 5.10 Å². The molecule has 0 spiro atoms. The van der Waals surface area contributed by atoms with Crippen LogP contribution in [0.5, 0.6) is 5.75 Å². The van der Waals surface area contributed by atoms with E-state index in [0.717, 1.165) is 4.47 Å². The second kappa shape index (κ2) is 6.93. The topological polar surface area (TPSA) is 61.7 Å². The third kappa shape index (κ3) is 4.20. The summed E-state index contributed by atoms with van der Waals surface area (Å²) < 4.78 is 0.783. The Balaban J connectivity index is 2.12. The standard InChI is InChI=1S/C14H9BrCl2N2O2/c15-9-1-4-13(20)8(5-9)7-18-19-14(21)11-6-10(16)2-3-12(11)17/h1-7,20H,(H,19,21)/b18-7+. The average Bonchev–Trinajstić information content (AvgIpc) is 2.45. The molecule has 2 rings (SSSR count). The number of carbonyl (C=O) groups is 1. The lowest BCUT2D eigenvalue weighted by atomic mass is 10.2. The maximum Gasteiger partial charge on any atom is 0.272 e. The van der Waals surface area contributed by atoms with Crippen molar-refractivity contribution in [3.63, 3.8) is 0 Å². The zero-order valence-corrected chi connectivity index (χ0v) is 13.6. The van der Waals surface area contributed by atoms with Gasteiger partial charge in [-0.3, -0.25) is 4.79 Å². The van der Waals surface area contributed by atoms with Crippen LogP contribution >= 0.6 is 39.1 Å². The molecular formula is C14H9BrCl2N2O2. The molecule has 0 aliphatic rings. The molecule has 0 radical (unpaired) electrons. The number of phenols is 1. The summed E-state index contributed by atoms with van der Waals surface area (Å²) in [5.74, 6) is -0.440. The first-order chi connectivity index (χ1) is 9.97. The molecule has 2 N–H and O–H groups in total. The maximum absolute atomic E-state index is 11.9. The molecule has 0 atom stereocenters. The third-order valence-corrected chi connectivity index (χ3v) is 3.59. The quantitative estimate of drug-likeness (QED) is 0.611. The number of hydrogen-bond donors (Lipinski definition) is 2. The minimum atomic E-state index is -0.492. The Bertz CT molecular complexity index is 720. The number of aromatic hydroxyl groups is 1. The highest BCUT2D eigenvalue weighted by molar-refractivity contribution is 9.10. The van der Waals surface area contributed by atoms with E-state index in [1.807, 2.05) is 0 Å². The summed E-state index contributed by atoms with van der Waals surface area (Å²) in [7, 11) is 0. The number of halogens is 3. The van der Waals surface area contributed by atoms with E-state index in [2.05, 4.69) is 26.5 Å². The predicted molar refractivity (Wildman–Crippen MR) is 87.3 cm³/mol. The molecule has 1 amide bonds. The number of carbonyl (C=O) groups excluding carboxylic acids is 1. The molecule has 2 aromatic rings. The molecule has 0 aliphatic carbocycles. The monoisotopic (exact) mass is 386 g/mol. The number of phenolic OH excluding ortho intramolecular Hbond substituents is 1. The first-order valence-electron chi connectivity index (χ1n) is 5.74. The fraction of sp³-hybridized carbons (Fsp3) is 0. The van der Waals surface area contributed by atoms with Gasteiger partial charge in [0.25, 0.3) is 5.91 Å². The Morgan fingerprint density at radius 1 is 1.24 bits per heavy atom. The molecule has 0 saturated carbocycles. The molecule has 0 aromatic heterocycles. The van der Waals surface area contributed by atoms with E-state index < -0.39 is 5.91 Å². The van der Waals surface area contributed by atoms with E-state index in [9.17, 15) is 9.90 Å². The maximum atomic E-state index is 11.9. The lowest BCUT2D eigenvalue weighted by molar-refractivity contribution is 0.0955. The van der Waals surface area contributed by atoms with Crippen molar-refractivity contribution in [3.05, 3.63) is 62.0 Å². The fourth-order valence-electron chi connectivity index (χ4n) is 1.52. The molecule has 0 bridgehead atoms. The molecule has 0 fully saturated rings. The summed E-state index contributed by atoms with van der Waals surface area (Å²) in [6.07, 6.45) is 1.33. The van der Waals surface area contributed by atoms with Gasteiger partial charge in [-0.15, -0.1) is 0 Å². The van der Waals surface area contributed by atoms with Gasteiger partial charge in [-0.1, -0.05) is 39.1 Å². The molecule has 0 saturated heterocycles. The van der Waals surface area contributed by atoms with Gasteiger partial charge in [-0.05, 0) is 36.4 Å². The van der Waals surface area contributed by atoms with Gasteiger partial charge < -0.3 is 5.11 Å². The van der Waals surface area contributed by atoms with Crippen LogP contribution in [-0.4, -0.2) is 17.2 Å². The minimum absolute atomic E-state index is 0.0528. The van der Waals surface area contributed by atoms with Crippen LogP contribution in [0.2, 0.25) is 10.0 Å². The van der Waals surface area contributed by atoms with E-state index >= 15 is 0 Å². The van der Waals surface area contributed by atoms with E-state index in [-0.39, 0.29) is 16.3 Å². The summed E-state index contributed by atoms with van der Waals surface area (Å²) in [5, 5.41) is 14.1. The van der Waals surface area contributed by atoms with Gasteiger partial charge in [0.15, 0.2) is 0 Å². The molecular weight excluding hydrogens is 379 g/mol. The fourth-order valence-corrected chi connectivity index (χ4v) is 2.28. The largest absolute Gasteiger partial charge is 0.507 e. The van der Waals surface area contributed by atoms with Gasteiger partial charge in [0.05, 0.1) is 16.8 Å². The average molecular weight is 388 g/mol. The Kier molecular flexibility index (Phi) is 5.22. The first kappa shape index (κ1) is 15.8. The van der Waals surface area contributed by atoms with Crippen molar-refractivity contribution in [1.29, 1.82) is 0 Å². The van der Waals surface area contributed by atoms with Crippen molar-refractivity contribution >= 4 is 51.3 Å². The Labute approximate surface area is 139 Å². The minimum Gasteiger partial charge on any atom is -0.507 e. The molecule has 2 aromatic carbocycles. The van der Waals surface area contributed by atoms with E-state index in [1.54, 1.807) is 18.2 Å². The van der Waals surface area contributed by atoms with Gasteiger partial charge >= 0.3 is 0 Å². The van der Waals surface area contributed by atoms with Crippen molar-refractivity contribution in [2.24, 2.45) is 5.10 Å². The number of benzene rings is 2. The smallest absolute Gasteiger partial charge is 0.272 e. The Hall–Kier alpha value is -1.56. The lowest BCUT2D eigenvalue weighted by Crippen LogP contribution is -2.18. The summed E-state index contributed by atoms with van der Waals surface area (Å²) >= 11 is 15.0. The Morgan fingerprint density at radius 2 is 2.00 bits per heavy atom. The number of hydrazone groups is 1. The predicted octanol–water partition coefficient (Wildman–Crippen LogP) is 4.23. The molecule has 0 heterocycles. The van der Waals surface area contributed by atoms with Crippen LogP contribution in [-0.2, 0) is 0 Å². The summed E-state index contributed by atoms with van der Waals surface area (Å²) in [4.78, 5) is 11.9. The van der Waals surface area contributed by atoms with Crippen molar-refractivity contribution in [2.45, 2.75) is 0 Å². The SMILES string of the molecule is O=C(N/N=C/c1cc(Br)ccc1O)c1cc(Cl)ccc1Cl. The second-order valence-corrected chi connectivity index (χ2v) is 5.79. The zero-order chi connectivity index (χ0) is 15.4. The number of nitrogens with zero attached hydrogens (tertiary/aromatic N) is 1. The van der Waals surface area contributed by atoms with E-state index in [4.69, 9.17) is 23.2 Å². The molecule has 4 nitrogen and oxygen atoms in total. The van der Waals surface area contributed by atoms with Crippen molar-refractivity contribution in [2.75, 3.05) is 0 Å². The molecule has 108 valence electrons. The van der Waals surface area contributed by atoms with Crippen molar-refractivity contribution < 1.29 is 9.90 Å². The normalized spacial score (nSPS) is 10.8. The van der Waals surface area contributed by atoms with E-state index in [0.29, 0.717) is 10.6 Å². The summed E-state index contributed by atoms with van der Waals surface area (Å²) in [6.45, 7) is 0. The van der Waals surface area contributed by atoms with Crippen molar-refractivity contribution in [1.82, 2.24) is 5.43 Å². The van der Waals surface area contributed by atoms with Crippen molar-refractivity contribution in [3.8, 4) is 5.75 Å². The van der Waals surface area contributed by atoms with Crippen LogP contribution in [0.1, 0.15) is 15.9 Å². The van der Waals surface area contributed by atoms with Gasteiger partial charge in [0, 0.05) is 15.1 Å². The molecule has 21 heavy (non-hydrogen) atoms. The van der Waals surface area contributed by atoms with Crippen LogP contribution < -0.4 is 5.43 Å². The zero-order valence-electron chi connectivity index (χ0n) is 10.5. The molecule has 7 heteroatoms. The molecule has 0 aliphatic heterocycles. The first-order valence-corrected chi connectivity index (χ1v) is 7.29. The highest BCUT2D eigenvalue weighted by atomic mass is 79.9. The van der Waals surface area contributed by atoms with Crippen LogP contribution in [0.3, 0.4) is 0 Å². The van der Waals surface area contributed by atoms with Gasteiger partial charge in [-0.25, -0.2) is 5.43 Å². The summed E-state index contributed by atoms with van der Waals surface area (Å²) in [6, 6.07) is 9.44. The van der Waals surface area contributed by atoms with Gasteiger partial charge in [0.1, 0.15) is 5.75 Å². The third-order valence-electron chi connectivity index (χ3n) is 2.53. The summed E-state index contributed by atoms with van der Waals surface area (Å²) in [5.41, 5.74) is 3.01. The number of amides is 1. The van der Waals surface area contributed by atoms with E-state index in [1.165, 1.54) is 24.4 Å². The van der Waals surface area contributed by atoms with Crippen LogP contribution in [0.4, 0.5) is 0 Å². The number of rotatable bonds is 3. The highest BCUT2D eigenvalue weighted by Crippen LogP contribution is 2.21. The van der Waals surface area contributed by atoms with Gasteiger partial charge in [0.2, 0.25) is 0 Å².